The van der Waals surface area contributed by atoms with Crippen LogP contribution in [0, 0.1) is 0 Å². The van der Waals surface area contributed by atoms with Gasteiger partial charge in [0.2, 0.25) is 5.91 Å². The third-order valence-corrected chi connectivity index (χ3v) is 5.55. The lowest BCUT2D eigenvalue weighted by Gasteiger charge is -2.27. The van der Waals surface area contributed by atoms with E-state index in [1.807, 2.05) is 36.2 Å². The molecule has 2 aliphatic heterocycles. The van der Waals surface area contributed by atoms with Crippen LogP contribution in [0.1, 0.15) is 36.4 Å². The van der Waals surface area contributed by atoms with Crippen molar-refractivity contribution in [3.05, 3.63) is 59.7 Å². The van der Waals surface area contributed by atoms with Gasteiger partial charge in [0, 0.05) is 26.1 Å². The predicted molar refractivity (Wildman–Crippen MR) is 109 cm³/mol. The van der Waals surface area contributed by atoms with Gasteiger partial charge in [-0.3, -0.25) is 9.69 Å². The van der Waals surface area contributed by atoms with E-state index in [1.165, 1.54) is 5.56 Å². The molecule has 0 aromatic heterocycles. The minimum Gasteiger partial charge on any atom is -0.490 e. The topological polar surface area (TPSA) is 42.0 Å². The van der Waals surface area contributed by atoms with Crippen molar-refractivity contribution in [2.45, 2.75) is 31.8 Å². The highest BCUT2D eigenvalue weighted by Gasteiger charge is 2.29. The highest BCUT2D eigenvalue weighted by Crippen LogP contribution is 2.37. The van der Waals surface area contributed by atoms with Crippen LogP contribution in [0.5, 0.6) is 11.5 Å². The summed E-state index contributed by atoms with van der Waals surface area (Å²) in [5.41, 5.74) is 2.36. The molecule has 0 radical (unpaired) electrons. The van der Waals surface area contributed by atoms with Crippen molar-refractivity contribution in [1.29, 1.82) is 0 Å². The van der Waals surface area contributed by atoms with E-state index in [-0.39, 0.29) is 11.9 Å². The van der Waals surface area contributed by atoms with E-state index in [0.717, 1.165) is 42.9 Å². The van der Waals surface area contributed by atoms with Gasteiger partial charge in [0.1, 0.15) is 0 Å². The molecule has 2 aliphatic rings. The summed E-state index contributed by atoms with van der Waals surface area (Å²) in [4.78, 5) is 16.9. The first-order chi connectivity index (χ1) is 13.7. The van der Waals surface area contributed by atoms with E-state index in [1.54, 1.807) is 0 Å². The minimum atomic E-state index is 0.157. The standard InChI is InChI=1S/C23H28N2O3/c1-24(16-18-7-3-2-4-8-18)23(26)17-25-12-5-9-20(25)19-10-11-21-22(15-19)28-14-6-13-27-21/h2-4,7-8,10-11,15,20H,5-6,9,12-14,16-17H2,1H3/t20-/m1/s1. The van der Waals surface area contributed by atoms with Crippen LogP contribution >= 0.6 is 0 Å². The third-order valence-electron chi connectivity index (χ3n) is 5.55. The molecule has 0 bridgehead atoms. The van der Waals surface area contributed by atoms with Gasteiger partial charge in [-0.2, -0.15) is 0 Å². The van der Waals surface area contributed by atoms with Gasteiger partial charge in [-0.25, -0.2) is 0 Å². The number of hydrogen-bond donors (Lipinski definition) is 0. The average molecular weight is 380 g/mol. The molecule has 0 saturated carbocycles. The fourth-order valence-electron chi connectivity index (χ4n) is 4.02. The number of rotatable bonds is 5. The van der Waals surface area contributed by atoms with Crippen LogP contribution in [0.3, 0.4) is 0 Å². The Balaban J connectivity index is 1.42. The van der Waals surface area contributed by atoms with Gasteiger partial charge >= 0.3 is 0 Å². The van der Waals surface area contributed by atoms with Gasteiger partial charge in [0.25, 0.3) is 0 Å². The Kier molecular flexibility index (Phi) is 5.81. The van der Waals surface area contributed by atoms with Crippen molar-refractivity contribution in [2.75, 3.05) is 33.4 Å². The maximum absolute atomic E-state index is 12.8. The van der Waals surface area contributed by atoms with E-state index in [9.17, 15) is 4.79 Å². The molecule has 2 aromatic rings. The molecular formula is C23H28N2O3. The van der Waals surface area contributed by atoms with Gasteiger partial charge in [-0.15, -0.1) is 0 Å². The lowest BCUT2D eigenvalue weighted by molar-refractivity contribution is -0.131. The Morgan fingerprint density at radius 2 is 1.86 bits per heavy atom. The minimum absolute atomic E-state index is 0.157. The molecule has 2 aromatic carbocycles. The monoisotopic (exact) mass is 380 g/mol. The number of hydrogen-bond acceptors (Lipinski definition) is 4. The van der Waals surface area contributed by atoms with E-state index in [2.05, 4.69) is 29.2 Å². The zero-order chi connectivity index (χ0) is 19.3. The lowest BCUT2D eigenvalue weighted by Crippen LogP contribution is -2.37. The van der Waals surface area contributed by atoms with Gasteiger partial charge < -0.3 is 14.4 Å². The molecule has 1 saturated heterocycles. The summed E-state index contributed by atoms with van der Waals surface area (Å²) >= 11 is 0. The quantitative estimate of drug-likeness (QED) is 0.794. The second-order valence-electron chi connectivity index (χ2n) is 7.62. The number of likely N-dealkylation sites (tertiary alicyclic amines) is 1. The predicted octanol–water partition coefficient (Wildman–Crippen LogP) is 3.64. The summed E-state index contributed by atoms with van der Waals surface area (Å²) in [6.45, 7) is 3.42. The van der Waals surface area contributed by atoms with E-state index >= 15 is 0 Å². The van der Waals surface area contributed by atoms with Gasteiger partial charge in [0.05, 0.1) is 19.8 Å². The van der Waals surface area contributed by atoms with Crippen molar-refractivity contribution in [1.82, 2.24) is 9.80 Å². The second-order valence-corrected chi connectivity index (χ2v) is 7.62. The number of benzene rings is 2. The molecule has 0 N–H and O–H groups in total. The fraction of sp³-hybridized carbons (Fsp3) is 0.435. The molecule has 4 rings (SSSR count). The zero-order valence-corrected chi connectivity index (χ0v) is 16.5. The number of amides is 1. The average Bonchev–Trinajstić information content (AvgIpc) is 3.04. The summed E-state index contributed by atoms with van der Waals surface area (Å²) in [6, 6.07) is 16.6. The first-order valence-electron chi connectivity index (χ1n) is 10.1. The Labute approximate surface area is 166 Å². The SMILES string of the molecule is CN(Cc1ccccc1)C(=O)CN1CCC[C@@H]1c1ccc2c(c1)OCCCO2. The van der Waals surface area contributed by atoms with Gasteiger partial charge in [0.15, 0.2) is 11.5 Å². The fourth-order valence-corrected chi connectivity index (χ4v) is 4.02. The van der Waals surface area contributed by atoms with Crippen LogP contribution in [0.4, 0.5) is 0 Å². The van der Waals surface area contributed by atoms with Crippen molar-refractivity contribution in [3.63, 3.8) is 0 Å². The molecule has 1 atom stereocenters. The lowest BCUT2D eigenvalue weighted by atomic mass is 10.0. The normalized spacial score (nSPS) is 19.2. The molecule has 0 unspecified atom stereocenters. The Morgan fingerprint density at radius 1 is 1.07 bits per heavy atom. The maximum Gasteiger partial charge on any atom is 0.236 e. The molecule has 28 heavy (non-hydrogen) atoms. The highest BCUT2D eigenvalue weighted by molar-refractivity contribution is 5.78. The van der Waals surface area contributed by atoms with Crippen LogP contribution in [0.2, 0.25) is 0 Å². The number of nitrogens with zero attached hydrogens (tertiary/aromatic N) is 2. The molecule has 0 spiro atoms. The van der Waals surface area contributed by atoms with Crippen molar-refractivity contribution < 1.29 is 14.3 Å². The highest BCUT2D eigenvalue weighted by atomic mass is 16.5. The van der Waals surface area contributed by atoms with Crippen LogP contribution < -0.4 is 9.47 Å². The van der Waals surface area contributed by atoms with Crippen molar-refractivity contribution >= 4 is 5.91 Å². The van der Waals surface area contributed by atoms with E-state index in [0.29, 0.717) is 26.3 Å². The summed E-state index contributed by atoms with van der Waals surface area (Å²) in [6.07, 6.45) is 3.08. The molecule has 0 aliphatic carbocycles. The summed E-state index contributed by atoms with van der Waals surface area (Å²) in [5.74, 6) is 1.81. The maximum atomic E-state index is 12.8. The number of ether oxygens (including phenoxy) is 2. The Hall–Kier alpha value is -2.53. The number of carbonyl (C=O) groups is 1. The molecular weight excluding hydrogens is 352 g/mol. The molecule has 148 valence electrons. The van der Waals surface area contributed by atoms with Crippen LogP contribution in [0.15, 0.2) is 48.5 Å². The first-order valence-corrected chi connectivity index (χ1v) is 10.1. The first kappa shape index (κ1) is 18.8. The molecule has 1 amide bonds. The molecule has 1 fully saturated rings. The molecule has 5 nitrogen and oxygen atoms in total. The molecule has 5 heteroatoms. The van der Waals surface area contributed by atoms with Crippen molar-refractivity contribution in [3.8, 4) is 11.5 Å². The number of fused-ring (bicyclic) bond motifs is 1. The van der Waals surface area contributed by atoms with Gasteiger partial charge in [-0.1, -0.05) is 36.4 Å². The summed E-state index contributed by atoms with van der Waals surface area (Å²) in [7, 11) is 1.88. The third kappa shape index (κ3) is 4.30. The smallest absolute Gasteiger partial charge is 0.236 e. The molecule has 2 heterocycles. The summed E-state index contributed by atoms with van der Waals surface area (Å²) < 4.78 is 11.6. The van der Waals surface area contributed by atoms with Crippen LogP contribution in [-0.4, -0.2) is 49.1 Å². The van der Waals surface area contributed by atoms with E-state index in [4.69, 9.17) is 9.47 Å². The second kappa shape index (κ2) is 8.65. The number of likely N-dealkylation sites (N-methyl/N-ethyl adjacent to an activating group) is 1. The van der Waals surface area contributed by atoms with Gasteiger partial charge in [-0.05, 0) is 42.6 Å². The Morgan fingerprint density at radius 3 is 2.68 bits per heavy atom. The summed E-state index contributed by atoms with van der Waals surface area (Å²) in [5, 5.41) is 0. The Bertz CT molecular complexity index is 809. The van der Waals surface area contributed by atoms with E-state index < -0.39 is 0 Å². The zero-order valence-electron chi connectivity index (χ0n) is 16.5. The van der Waals surface area contributed by atoms with Crippen LogP contribution in [-0.2, 0) is 11.3 Å². The van der Waals surface area contributed by atoms with Crippen LogP contribution in [0.25, 0.3) is 0 Å². The largest absolute Gasteiger partial charge is 0.490 e. The number of carbonyl (C=O) groups excluding carboxylic acids is 1. The van der Waals surface area contributed by atoms with Crippen molar-refractivity contribution in [2.24, 2.45) is 0 Å².